The molecule has 1 fully saturated rings. The van der Waals surface area contributed by atoms with Crippen molar-refractivity contribution in [2.24, 2.45) is 0 Å². The van der Waals surface area contributed by atoms with Crippen LogP contribution < -0.4 is 5.32 Å². The second-order valence-corrected chi connectivity index (χ2v) is 8.00. The fourth-order valence-electron chi connectivity index (χ4n) is 3.94. The molecule has 3 atom stereocenters. The third-order valence-corrected chi connectivity index (χ3v) is 5.45. The summed E-state index contributed by atoms with van der Waals surface area (Å²) in [6, 6.07) is 16.5. The number of hydrogen-bond donors (Lipinski definition) is 1. The molecule has 0 aromatic heterocycles. The van der Waals surface area contributed by atoms with Gasteiger partial charge in [0.1, 0.15) is 0 Å². The largest absolute Gasteiger partial charge is 0.371 e. The Morgan fingerprint density at radius 2 is 1.78 bits per heavy atom. The standard InChI is InChI=1S/C23H30N2O2/c1-16-11-17(2)13-19(12-16)18(3)27-15-23(20-9-7-6-8-10-20)14-21(25(4)5)22(26)24-23/h6-13,18,21H,14-15H2,1-5H3,(H,24,26)/t18-,21+,23-/m1/s1. The molecule has 27 heavy (non-hydrogen) atoms. The number of carbonyl (C=O) groups excluding carboxylic acids is 1. The van der Waals surface area contributed by atoms with E-state index in [-0.39, 0.29) is 18.1 Å². The maximum absolute atomic E-state index is 12.6. The molecule has 0 unspecified atom stereocenters. The van der Waals surface area contributed by atoms with E-state index in [9.17, 15) is 4.79 Å². The molecule has 3 rings (SSSR count). The fourth-order valence-corrected chi connectivity index (χ4v) is 3.94. The summed E-state index contributed by atoms with van der Waals surface area (Å²) in [5, 5.41) is 3.24. The van der Waals surface area contributed by atoms with Crippen molar-refractivity contribution in [3.8, 4) is 0 Å². The molecular weight excluding hydrogens is 336 g/mol. The Balaban J connectivity index is 1.84. The van der Waals surface area contributed by atoms with Crippen LogP contribution in [0.3, 0.4) is 0 Å². The van der Waals surface area contributed by atoms with Gasteiger partial charge in [0, 0.05) is 6.42 Å². The molecule has 1 N–H and O–H groups in total. The first-order chi connectivity index (χ1) is 12.8. The van der Waals surface area contributed by atoms with E-state index in [1.165, 1.54) is 16.7 Å². The minimum atomic E-state index is -0.500. The maximum Gasteiger partial charge on any atom is 0.238 e. The van der Waals surface area contributed by atoms with Gasteiger partial charge < -0.3 is 10.1 Å². The zero-order chi connectivity index (χ0) is 19.6. The fraction of sp³-hybridized carbons (Fsp3) is 0.435. The van der Waals surface area contributed by atoms with Gasteiger partial charge in [-0.2, -0.15) is 0 Å². The number of rotatable bonds is 6. The number of carbonyl (C=O) groups is 1. The minimum absolute atomic E-state index is 0.0421. The van der Waals surface area contributed by atoms with Gasteiger partial charge in [0.25, 0.3) is 0 Å². The first kappa shape index (κ1) is 19.6. The first-order valence-corrected chi connectivity index (χ1v) is 9.54. The Morgan fingerprint density at radius 3 is 2.33 bits per heavy atom. The van der Waals surface area contributed by atoms with E-state index in [4.69, 9.17) is 4.74 Å². The smallest absolute Gasteiger partial charge is 0.238 e. The number of amides is 1. The van der Waals surface area contributed by atoms with Crippen molar-refractivity contribution >= 4 is 5.91 Å². The van der Waals surface area contributed by atoms with Gasteiger partial charge in [0.2, 0.25) is 5.91 Å². The average Bonchev–Trinajstić information content (AvgIpc) is 2.98. The zero-order valence-electron chi connectivity index (χ0n) is 17.0. The van der Waals surface area contributed by atoms with Crippen molar-refractivity contribution in [3.05, 3.63) is 70.8 Å². The van der Waals surface area contributed by atoms with Crippen molar-refractivity contribution in [1.82, 2.24) is 10.2 Å². The Kier molecular flexibility index (Phi) is 5.68. The predicted molar refractivity (Wildman–Crippen MR) is 109 cm³/mol. The number of nitrogens with zero attached hydrogens (tertiary/aromatic N) is 1. The predicted octanol–water partition coefficient (Wildman–Crippen LogP) is 3.73. The molecular formula is C23H30N2O2. The summed E-state index contributed by atoms with van der Waals surface area (Å²) in [6.07, 6.45) is 0.655. The Bertz CT molecular complexity index is 783. The SMILES string of the molecule is Cc1cc(C)cc([C@@H](C)OC[C@@]2(c3ccccc3)C[C@H](N(C)C)C(=O)N2)c1. The van der Waals surface area contributed by atoms with Crippen LogP contribution in [0.2, 0.25) is 0 Å². The van der Waals surface area contributed by atoms with Crippen molar-refractivity contribution < 1.29 is 9.53 Å². The van der Waals surface area contributed by atoms with Crippen molar-refractivity contribution in [2.45, 2.75) is 44.9 Å². The molecule has 4 nitrogen and oxygen atoms in total. The Labute approximate surface area is 162 Å². The van der Waals surface area contributed by atoms with Crippen LogP contribution in [0.15, 0.2) is 48.5 Å². The second kappa shape index (κ2) is 7.83. The van der Waals surface area contributed by atoms with Gasteiger partial charge >= 0.3 is 0 Å². The van der Waals surface area contributed by atoms with Crippen LogP contribution in [-0.2, 0) is 15.1 Å². The monoisotopic (exact) mass is 366 g/mol. The molecule has 2 aromatic rings. The summed E-state index contributed by atoms with van der Waals surface area (Å²) >= 11 is 0. The molecule has 0 spiro atoms. The molecule has 0 aliphatic carbocycles. The first-order valence-electron chi connectivity index (χ1n) is 9.54. The normalized spacial score (nSPS) is 23.5. The molecule has 0 radical (unpaired) electrons. The van der Waals surface area contributed by atoms with Crippen LogP contribution >= 0.6 is 0 Å². The van der Waals surface area contributed by atoms with Gasteiger partial charge in [-0.15, -0.1) is 0 Å². The Hall–Kier alpha value is -2.17. The number of ether oxygens (including phenoxy) is 1. The summed E-state index contributed by atoms with van der Waals surface area (Å²) in [6.45, 7) is 6.73. The highest BCUT2D eigenvalue weighted by molar-refractivity contribution is 5.85. The van der Waals surface area contributed by atoms with E-state index in [0.29, 0.717) is 13.0 Å². The molecule has 1 heterocycles. The van der Waals surface area contributed by atoms with Crippen molar-refractivity contribution in [2.75, 3.05) is 20.7 Å². The summed E-state index contributed by atoms with van der Waals surface area (Å²) in [5.74, 6) is 0.0616. The maximum atomic E-state index is 12.6. The highest BCUT2D eigenvalue weighted by Gasteiger charge is 2.46. The van der Waals surface area contributed by atoms with Gasteiger partial charge in [-0.25, -0.2) is 0 Å². The van der Waals surface area contributed by atoms with Crippen LogP contribution in [0.1, 0.15) is 41.7 Å². The van der Waals surface area contributed by atoms with E-state index in [0.717, 1.165) is 5.56 Å². The summed E-state index contributed by atoms with van der Waals surface area (Å²) in [4.78, 5) is 14.6. The third kappa shape index (κ3) is 4.23. The lowest BCUT2D eigenvalue weighted by Crippen LogP contribution is -2.43. The molecule has 0 saturated carbocycles. The van der Waals surface area contributed by atoms with Crippen LogP contribution in [0, 0.1) is 13.8 Å². The summed E-state index contributed by atoms with van der Waals surface area (Å²) in [5.41, 5.74) is 4.24. The lowest BCUT2D eigenvalue weighted by atomic mass is 9.87. The molecule has 4 heteroatoms. The van der Waals surface area contributed by atoms with Gasteiger partial charge in [0.15, 0.2) is 0 Å². The molecule has 144 valence electrons. The number of hydrogen-bond acceptors (Lipinski definition) is 3. The molecule has 1 amide bonds. The quantitative estimate of drug-likeness (QED) is 0.847. The van der Waals surface area contributed by atoms with E-state index in [2.05, 4.69) is 56.4 Å². The van der Waals surface area contributed by atoms with Gasteiger partial charge in [-0.3, -0.25) is 9.69 Å². The Morgan fingerprint density at radius 1 is 1.15 bits per heavy atom. The average molecular weight is 367 g/mol. The number of nitrogens with one attached hydrogen (secondary N) is 1. The van der Waals surface area contributed by atoms with Gasteiger partial charge in [0.05, 0.1) is 24.3 Å². The van der Waals surface area contributed by atoms with Crippen molar-refractivity contribution in [1.29, 1.82) is 0 Å². The van der Waals surface area contributed by atoms with E-state index in [1.54, 1.807) is 0 Å². The van der Waals surface area contributed by atoms with Crippen LogP contribution in [0.4, 0.5) is 0 Å². The van der Waals surface area contributed by atoms with E-state index >= 15 is 0 Å². The number of aryl methyl sites for hydroxylation is 2. The summed E-state index contributed by atoms with van der Waals surface area (Å²) in [7, 11) is 3.90. The minimum Gasteiger partial charge on any atom is -0.371 e. The zero-order valence-corrected chi connectivity index (χ0v) is 17.0. The molecule has 2 aromatic carbocycles. The van der Waals surface area contributed by atoms with Gasteiger partial charge in [-0.05, 0) is 46.0 Å². The topological polar surface area (TPSA) is 41.6 Å². The number of benzene rings is 2. The highest BCUT2D eigenvalue weighted by Crippen LogP contribution is 2.35. The van der Waals surface area contributed by atoms with E-state index in [1.807, 2.05) is 37.2 Å². The highest BCUT2D eigenvalue weighted by atomic mass is 16.5. The van der Waals surface area contributed by atoms with Gasteiger partial charge in [-0.1, -0.05) is 59.7 Å². The number of likely N-dealkylation sites (N-methyl/N-ethyl adjacent to an activating group) is 1. The lowest BCUT2D eigenvalue weighted by Gasteiger charge is -2.31. The third-order valence-electron chi connectivity index (χ3n) is 5.45. The molecule has 1 saturated heterocycles. The van der Waals surface area contributed by atoms with Crippen LogP contribution in [0.25, 0.3) is 0 Å². The molecule has 1 aliphatic rings. The van der Waals surface area contributed by atoms with Crippen molar-refractivity contribution in [3.63, 3.8) is 0 Å². The molecule has 1 aliphatic heterocycles. The van der Waals surface area contributed by atoms with E-state index < -0.39 is 5.54 Å². The van der Waals surface area contributed by atoms with Crippen LogP contribution in [0.5, 0.6) is 0 Å². The summed E-state index contributed by atoms with van der Waals surface area (Å²) < 4.78 is 6.32. The van der Waals surface area contributed by atoms with Crippen LogP contribution in [-0.4, -0.2) is 37.6 Å². The lowest BCUT2D eigenvalue weighted by molar-refractivity contribution is -0.123. The second-order valence-electron chi connectivity index (χ2n) is 8.00. The molecule has 0 bridgehead atoms.